The van der Waals surface area contributed by atoms with Gasteiger partial charge in [-0.05, 0) is 12.8 Å². The van der Waals surface area contributed by atoms with E-state index >= 15 is 0 Å². The van der Waals surface area contributed by atoms with Crippen LogP contribution in [0.4, 0.5) is 0 Å². The summed E-state index contributed by atoms with van der Waals surface area (Å²) >= 11 is 1.52. The lowest BCUT2D eigenvalue weighted by Crippen LogP contribution is -2.44. The van der Waals surface area contributed by atoms with Gasteiger partial charge in [0.25, 0.3) is 0 Å². The van der Waals surface area contributed by atoms with Crippen LogP contribution in [-0.4, -0.2) is 10.8 Å². The summed E-state index contributed by atoms with van der Waals surface area (Å²) in [5.41, 5.74) is 0.561. The van der Waals surface area contributed by atoms with Crippen LogP contribution in [0, 0.1) is 22.2 Å². The van der Waals surface area contributed by atoms with Crippen molar-refractivity contribution in [3.05, 3.63) is 16.6 Å². The Morgan fingerprint density at radius 1 is 1.53 bits per heavy atom. The molecule has 0 N–H and O–H groups in total. The van der Waals surface area contributed by atoms with E-state index < -0.39 is 5.41 Å². The van der Waals surface area contributed by atoms with Crippen molar-refractivity contribution in [1.29, 1.82) is 5.26 Å². The van der Waals surface area contributed by atoms with Gasteiger partial charge in [0.1, 0.15) is 5.41 Å². The number of Topliss-reactive ketones (excluding diaryl/α,β-unsaturated/α-hetero) is 1. The zero-order valence-corrected chi connectivity index (χ0v) is 11.0. The van der Waals surface area contributed by atoms with Gasteiger partial charge in [-0.15, -0.1) is 11.3 Å². The van der Waals surface area contributed by atoms with Crippen molar-refractivity contribution in [2.45, 2.75) is 39.5 Å². The van der Waals surface area contributed by atoms with Gasteiger partial charge in [0.2, 0.25) is 0 Å². The molecule has 0 aliphatic heterocycles. The molecule has 0 bridgehead atoms. The van der Waals surface area contributed by atoms with Gasteiger partial charge in [0.15, 0.2) is 5.78 Å². The molecule has 1 aromatic heterocycles. The molecule has 0 radical (unpaired) electrons. The Kier molecular flexibility index (Phi) is 3.05. The molecular formula is C13H16N2OS. The maximum atomic E-state index is 12.5. The smallest absolute Gasteiger partial charge is 0.159 e. The number of carbonyl (C=O) groups excluding carboxylic acids is 1. The van der Waals surface area contributed by atoms with E-state index in [-0.39, 0.29) is 11.2 Å². The van der Waals surface area contributed by atoms with Crippen LogP contribution in [0.25, 0.3) is 0 Å². The minimum Gasteiger partial charge on any atom is -0.297 e. The average molecular weight is 248 g/mol. The molecule has 1 heterocycles. The molecule has 1 saturated carbocycles. The van der Waals surface area contributed by atoms with Crippen LogP contribution in [-0.2, 0) is 11.2 Å². The van der Waals surface area contributed by atoms with Crippen molar-refractivity contribution in [3.63, 3.8) is 0 Å². The molecule has 1 atom stereocenters. The van der Waals surface area contributed by atoms with Crippen LogP contribution in [0.2, 0.25) is 0 Å². The summed E-state index contributed by atoms with van der Waals surface area (Å²) in [7, 11) is 0. The topological polar surface area (TPSA) is 53.8 Å². The highest BCUT2D eigenvalue weighted by atomic mass is 32.1. The number of rotatable bonds is 2. The molecule has 1 aromatic rings. The summed E-state index contributed by atoms with van der Waals surface area (Å²) in [6.07, 6.45) is 4.81. The first-order valence-corrected chi connectivity index (χ1v) is 6.72. The molecule has 0 saturated heterocycles. The normalized spacial score (nSPS) is 27.7. The average Bonchev–Trinajstić information content (AvgIpc) is 2.77. The molecule has 0 amide bonds. The van der Waals surface area contributed by atoms with Crippen LogP contribution in [0.15, 0.2) is 11.7 Å². The molecule has 1 fully saturated rings. The molecule has 3 nitrogen and oxygen atoms in total. The van der Waals surface area contributed by atoms with Gasteiger partial charge in [-0.3, -0.25) is 9.78 Å². The maximum absolute atomic E-state index is 12.5. The first-order chi connectivity index (χ1) is 8.00. The number of nitriles is 1. The highest BCUT2D eigenvalue weighted by Crippen LogP contribution is 2.44. The summed E-state index contributed by atoms with van der Waals surface area (Å²) in [4.78, 5) is 17.5. The lowest BCUT2D eigenvalue weighted by Gasteiger charge is -2.38. The summed E-state index contributed by atoms with van der Waals surface area (Å²) in [6.45, 7) is 3.90. The van der Waals surface area contributed by atoms with Crippen LogP contribution in [0.1, 0.15) is 38.0 Å². The minimum atomic E-state index is -0.825. The lowest BCUT2D eigenvalue weighted by atomic mass is 9.61. The second kappa shape index (κ2) is 4.23. The van der Waals surface area contributed by atoms with Crippen molar-refractivity contribution in [1.82, 2.24) is 4.98 Å². The Labute approximate surface area is 105 Å². The van der Waals surface area contributed by atoms with Gasteiger partial charge in [-0.25, -0.2) is 0 Å². The van der Waals surface area contributed by atoms with E-state index in [1.807, 2.05) is 13.8 Å². The van der Waals surface area contributed by atoms with Gasteiger partial charge in [-0.2, -0.15) is 5.26 Å². The van der Waals surface area contributed by atoms with E-state index in [1.54, 1.807) is 11.7 Å². The molecule has 90 valence electrons. The van der Waals surface area contributed by atoms with Crippen molar-refractivity contribution >= 4 is 17.1 Å². The highest BCUT2D eigenvalue weighted by molar-refractivity contribution is 7.09. The largest absolute Gasteiger partial charge is 0.297 e. The third kappa shape index (κ3) is 2.12. The predicted octanol–water partition coefficient (Wildman–Crippen LogP) is 2.97. The SMILES string of the molecule is CC1(C)CCCC(C#N)(Cc2cncs2)C1=O. The van der Waals surface area contributed by atoms with Crippen molar-refractivity contribution in [3.8, 4) is 6.07 Å². The minimum absolute atomic E-state index is 0.104. The van der Waals surface area contributed by atoms with Crippen molar-refractivity contribution < 1.29 is 4.79 Å². The number of hydrogen-bond acceptors (Lipinski definition) is 4. The zero-order chi connectivity index (χ0) is 12.5. The lowest BCUT2D eigenvalue weighted by molar-refractivity contribution is -0.138. The highest BCUT2D eigenvalue weighted by Gasteiger charge is 2.49. The number of ketones is 1. The summed E-state index contributed by atoms with van der Waals surface area (Å²) in [6, 6.07) is 2.29. The fourth-order valence-corrected chi connectivity index (χ4v) is 3.36. The number of thiazole rings is 1. The van der Waals surface area contributed by atoms with Crippen molar-refractivity contribution in [2.75, 3.05) is 0 Å². The number of hydrogen-bond donors (Lipinski definition) is 0. The third-order valence-corrected chi connectivity index (χ3v) is 4.41. The molecule has 0 aromatic carbocycles. The predicted molar refractivity (Wildman–Crippen MR) is 66.5 cm³/mol. The molecule has 17 heavy (non-hydrogen) atoms. The van der Waals surface area contributed by atoms with Crippen LogP contribution < -0.4 is 0 Å². The first kappa shape index (κ1) is 12.3. The van der Waals surface area contributed by atoms with Gasteiger partial charge in [-0.1, -0.05) is 20.3 Å². The molecule has 1 unspecified atom stereocenters. The van der Waals surface area contributed by atoms with Crippen LogP contribution in [0.3, 0.4) is 0 Å². The maximum Gasteiger partial charge on any atom is 0.159 e. The van der Waals surface area contributed by atoms with Gasteiger partial charge in [0, 0.05) is 22.9 Å². The first-order valence-electron chi connectivity index (χ1n) is 5.84. The summed E-state index contributed by atoms with van der Waals surface area (Å²) < 4.78 is 0. The number of carbonyl (C=O) groups is 1. The monoisotopic (exact) mass is 248 g/mol. The molecule has 1 aliphatic carbocycles. The zero-order valence-electron chi connectivity index (χ0n) is 10.2. The van der Waals surface area contributed by atoms with E-state index in [0.29, 0.717) is 12.8 Å². The second-order valence-electron chi connectivity index (χ2n) is 5.40. The van der Waals surface area contributed by atoms with Gasteiger partial charge in [0.05, 0.1) is 11.6 Å². The summed E-state index contributed by atoms with van der Waals surface area (Å²) in [5, 5.41) is 9.46. The summed E-state index contributed by atoms with van der Waals surface area (Å²) in [5.74, 6) is 0.104. The number of aromatic nitrogens is 1. The van der Waals surface area contributed by atoms with Gasteiger partial charge < -0.3 is 0 Å². The second-order valence-corrected chi connectivity index (χ2v) is 6.38. The number of nitrogens with zero attached hydrogens (tertiary/aromatic N) is 2. The molecule has 0 spiro atoms. The standard InChI is InChI=1S/C13H16N2OS/c1-12(2)4-3-5-13(8-14,11(12)16)6-10-7-15-9-17-10/h7,9H,3-6H2,1-2H3. The van der Waals surface area contributed by atoms with E-state index in [0.717, 1.165) is 17.7 Å². The Morgan fingerprint density at radius 3 is 2.88 bits per heavy atom. The quantitative estimate of drug-likeness (QED) is 0.808. The molecule has 1 aliphatic rings. The third-order valence-electron chi connectivity index (χ3n) is 3.63. The van der Waals surface area contributed by atoms with Crippen LogP contribution >= 0.6 is 11.3 Å². The van der Waals surface area contributed by atoms with E-state index in [9.17, 15) is 10.1 Å². The fraction of sp³-hybridized carbons (Fsp3) is 0.615. The van der Waals surface area contributed by atoms with E-state index in [2.05, 4.69) is 11.1 Å². The Balaban J connectivity index is 2.31. The Bertz CT molecular complexity index is 458. The fourth-order valence-electron chi connectivity index (χ4n) is 2.65. The van der Waals surface area contributed by atoms with E-state index in [1.165, 1.54) is 11.3 Å². The van der Waals surface area contributed by atoms with Gasteiger partial charge >= 0.3 is 0 Å². The van der Waals surface area contributed by atoms with Crippen LogP contribution in [0.5, 0.6) is 0 Å². The van der Waals surface area contributed by atoms with E-state index in [4.69, 9.17) is 0 Å². The Hall–Kier alpha value is -1.21. The van der Waals surface area contributed by atoms with Crippen molar-refractivity contribution in [2.24, 2.45) is 10.8 Å². The molecule has 2 rings (SSSR count). The molecular weight excluding hydrogens is 232 g/mol. The Morgan fingerprint density at radius 2 is 2.29 bits per heavy atom. The molecule has 4 heteroatoms.